The van der Waals surface area contributed by atoms with Gasteiger partial charge in [0.2, 0.25) is 0 Å². The van der Waals surface area contributed by atoms with E-state index in [0.29, 0.717) is 12.1 Å². The predicted molar refractivity (Wildman–Crippen MR) is 80.0 cm³/mol. The van der Waals surface area contributed by atoms with E-state index >= 15 is 0 Å². The lowest BCUT2D eigenvalue weighted by Crippen LogP contribution is -2.37. The Morgan fingerprint density at radius 2 is 1.72 bits per heavy atom. The zero-order chi connectivity index (χ0) is 13.5. The summed E-state index contributed by atoms with van der Waals surface area (Å²) in [5, 5.41) is 3.66. The first-order valence-electron chi connectivity index (χ1n) is 7.07. The van der Waals surface area contributed by atoms with E-state index in [0.717, 1.165) is 19.4 Å². The Balaban J connectivity index is 2.59. The fourth-order valence-corrected chi connectivity index (χ4v) is 1.98. The van der Waals surface area contributed by atoms with Crippen LogP contribution in [0.4, 0.5) is 0 Å². The molecule has 1 N–H and O–H groups in total. The van der Waals surface area contributed by atoms with Gasteiger partial charge in [0.25, 0.3) is 0 Å². The van der Waals surface area contributed by atoms with Gasteiger partial charge in [-0.15, -0.1) is 0 Å². The van der Waals surface area contributed by atoms with Gasteiger partial charge in [-0.1, -0.05) is 38.1 Å². The Morgan fingerprint density at radius 1 is 1.11 bits per heavy atom. The predicted octanol–water partition coefficient (Wildman–Crippen LogP) is 3.24. The zero-order valence-corrected chi connectivity index (χ0v) is 12.5. The van der Waals surface area contributed by atoms with Crippen molar-refractivity contribution >= 4 is 0 Å². The van der Waals surface area contributed by atoms with Crippen LogP contribution in [0.3, 0.4) is 0 Å². The molecule has 0 aromatic heterocycles. The standard InChI is InChI=1S/C16H28N2/c1-6-14-8-10-15(11-9-14)16(7-2)17-12-13(3)18(4)5/h8-11,13,16-17H,6-7,12H2,1-5H3. The van der Waals surface area contributed by atoms with Crippen LogP contribution in [-0.4, -0.2) is 31.6 Å². The van der Waals surface area contributed by atoms with Gasteiger partial charge in [-0.25, -0.2) is 0 Å². The third-order valence-corrected chi connectivity index (χ3v) is 3.74. The molecule has 0 saturated carbocycles. The Bertz CT molecular complexity index is 329. The summed E-state index contributed by atoms with van der Waals surface area (Å²) in [7, 11) is 4.26. The third-order valence-electron chi connectivity index (χ3n) is 3.74. The van der Waals surface area contributed by atoms with Gasteiger partial charge in [-0.05, 0) is 45.0 Å². The maximum atomic E-state index is 3.66. The summed E-state index contributed by atoms with van der Waals surface area (Å²) in [6.07, 6.45) is 2.24. The molecule has 1 rings (SSSR count). The van der Waals surface area contributed by atoms with Crippen LogP contribution in [0.15, 0.2) is 24.3 Å². The minimum atomic E-state index is 0.471. The van der Waals surface area contributed by atoms with Gasteiger partial charge in [0.05, 0.1) is 0 Å². The van der Waals surface area contributed by atoms with Gasteiger partial charge in [0, 0.05) is 18.6 Å². The highest BCUT2D eigenvalue weighted by Crippen LogP contribution is 2.17. The summed E-state index contributed by atoms with van der Waals surface area (Å²) in [6.45, 7) is 7.72. The second-order valence-corrected chi connectivity index (χ2v) is 5.28. The number of benzene rings is 1. The number of hydrogen-bond donors (Lipinski definition) is 1. The molecule has 0 aliphatic heterocycles. The molecule has 0 aliphatic rings. The molecule has 2 heteroatoms. The van der Waals surface area contributed by atoms with Crippen molar-refractivity contribution < 1.29 is 0 Å². The first-order valence-corrected chi connectivity index (χ1v) is 7.07. The maximum absolute atomic E-state index is 3.66. The van der Waals surface area contributed by atoms with Crippen molar-refractivity contribution in [2.75, 3.05) is 20.6 Å². The number of aryl methyl sites for hydroxylation is 1. The van der Waals surface area contributed by atoms with Crippen molar-refractivity contribution in [3.63, 3.8) is 0 Å². The lowest BCUT2D eigenvalue weighted by atomic mass is 10.0. The highest BCUT2D eigenvalue weighted by molar-refractivity contribution is 5.25. The maximum Gasteiger partial charge on any atom is 0.0318 e. The highest BCUT2D eigenvalue weighted by atomic mass is 15.1. The van der Waals surface area contributed by atoms with Crippen molar-refractivity contribution in [3.05, 3.63) is 35.4 Å². The van der Waals surface area contributed by atoms with Gasteiger partial charge in [0.15, 0.2) is 0 Å². The molecule has 0 saturated heterocycles. The molecule has 2 unspecified atom stereocenters. The van der Waals surface area contributed by atoms with Crippen molar-refractivity contribution in [1.82, 2.24) is 10.2 Å². The SMILES string of the molecule is CCc1ccc(C(CC)NCC(C)N(C)C)cc1. The molecular weight excluding hydrogens is 220 g/mol. The second kappa shape index (κ2) is 7.55. The molecule has 0 radical (unpaired) electrons. The third kappa shape index (κ3) is 4.43. The number of rotatable bonds is 7. The van der Waals surface area contributed by atoms with Gasteiger partial charge >= 0.3 is 0 Å². The normalized spacial score (nSPS) is 14.8. The van der Waals surface area contributed by atoms with Crippen LogP contribution in [0.2, 0.25) is 0 Å². The molecule has 18 heavy (non-hydrogen) atoms. The highest BCUT2D eigenvalue weighted by Gasteiger charge is 2.11. The van der Waals surface area contributed by atoms with Crippen LogP contribution < -0.4 is 5.32 Å². The smallest absolute Gasteiger partial charge is 0.0318 e. The van der Waals surface area contributed by atoms with Gasteiger partial charge < -0.3 is 10.2 Å². The van der Waals surface area contributed by atoms with E-state index in [1.165, 1.54) is 11.1 Å². The Hall–Kier alpha value is -0.860. The van der Waals surface area contributed by atoms with Crippen molar-refractivity contribution in [2.45, 2.75) is 45.7 Å². The van der Waals surface area contributed by atoms with Gasteiger partial charge in [0.1, 0.15) is 0 Å². The van der Waals surface area contributed by atoms with E-state index in [9.17, 15) is 0 Å². The Kier molecular flexibility index (Phi) is 6.37. The summed E-state index contributed by atoms with van der Waals surface area (Å²) in [6, 6.07) is 10.1. The molecular formula is C16H28N2. The van der Waals surface area contributed by atoms with E-state index < -0.39 is 0 Å². The lowest BCUT2D eigenvalue weighted by Gasteiger charge is -2.24. The van der Waals surface area contributed by atoms with Crippen LogP contribution in [0, 0.1) is 0 Å². The first kappa shape index (κ1) is 15.2. The van der Waals surface area contributed by atoms with Crippen LogP contribution in [0.25, 0.3) is 0 Å². The summed E-state index contributed by atoms with van der Waals surface area (Å²) in [4.78, 5) is 2.25. The monoisotopic (exact) mass is 248 g/mol. The molecule has 0 heterocycles. The van der Waals surface area contributed by atoms with E-state index in [2.05, 4.69) is 69.3 Å². The van der Waals surface area contributed by atoms with Gasteiger partial charge in [-0.2, -0.15) is 0 Å². The van der Waals surface area contributed by atoms with Crippen molar-refractivity contribution in [1.29, 1.82) is 0 Å². The molecule has 1 aromatic rings. The quantitative estimate of drug-likeness (QED) is 0.797. The minimum Gasteiger partial charge on any atom is -0.308 e. The van der Waals surface area contributed by atoms with E-state index in [1.807, 2.05) is 0 Å². The molecule has 102 valence electrons. The van der Waals surface area contributed by atoms with Gasteiger partial charge in [-0.3, -0.25) is 0 Å². The van der Waals surface area contributed by atoms with Crippen LogP contribution >= 0.6 is 0 Å². The first-order chi connectivity index (χ1) is 8.58. The van der Waals surface area contributed by atoms with E-state index in [1.54, 1.807) is 0 Å². The molecule has 1 aromatic carbocycles. The summed E-state index contributed by atoms with van der Waals surface area (Å²) in [5.74, 6) is 0. The number of likely N-dealkylation sites (N-methyl/N-ethyl adjacent to an activating group) is 1. The topological polar surface area (TPSA) is 15.3 Å². The lowest BCUT2D eigenvalue weighted by molar-refractivity contribution is 0.292. The Labute approximate surface area is 112 Å². The largest absolute Gasteiger partial charge is 0.308 e. The summed E-state index contributed by atoms with van der Waals surface area (Å²) < 4.78 is 0. The molecule has 2 nitrogen and oxygen atoms in total. The van der Waals surface area contributed by atoms with E-state index in [-0.39, 0.29) is 0 Å². The number of nitrogens with one attached hydrogen (secondary N) is 1. The van der Waals surface area contributed by atoms with Crippen LogP contribution in [0.1, 0.15) is 44.4 Å². The molecule has 0 amide bonds. The summed E-state index contributed by atoms with van der Waals surface area (Å²) in [5.41, 5.74) is 2.82. The molecule has 0 aliphatic carbocycles. The molecule has 0 fully saturated rings. The summed E-state index contributed by atoms with van der Waals surface area (Å²) >= 11 is 0. The molecule has 2 atom stereocenters. The molecule has 0 bridgehead atoms. The Morgan fingerprint density at radius 3 is 2.17 bits per heavy atom. The van der Waals surface area contributed by atoms with Crippen LogP contribution in [-0.2, 0) is 6.42 Å². The minimum absolute atomic E-state index is 0.471. The fraction of sp³-hybridized carbons (Fsp3) is 0.625. The van der Waals surface area contributed by atoms with E-state index in [4.69, 9.17) is 0 Å². The van der Waals surface area contributed by atoms with Crippen molar-refractivity contribution in [2.24, 2.45) is 0 Å². The fourth-order valence-electron chi connectivity index (χ4n) is 1.98. The molecule has 0 spiro atoms. The average Bonchev–Trinajstić information content (AvgIpc) is 2.39. The number of hydrogen-bond acceptors (Lipinski definition) is 2. The van der Waals surface area contributed by atoms with Crippen molar-refractivity contribution in [3.8, 4) is 0 Å². The number of nitrogens with zero attached hydrogens (tertiary/aromatic N) is 1. The second-order valence-electron chi connectivity index (χ2n) is 5.28. The van der Waals surface area contributed by atoms with Crippen LogP contribution in [0.5, 0.6) is 0 Å². The zero-order valence-electron chi connectivity index (χ0n) is 12.5. The average molecular weight is 248 g/mol.